The van der Waals surface area contributed by atoms with Crippen LogP contribution >= 0.6 is 11.8 Å². The number of carbonyl (C=O) groups excluding carboxylic acids is 1. The van der Waals surface area contributed by atoms with Gasteiger partial charge in [0.05, 0.1) is 12.8 Å². The summed E-state index contributed by atoms with van der Waals surface area (Å²) in [5, 5.41) is 0. The molecule has 0 spiro atoms. The minimum atomic E-state index is -0.664. The number of methoxy groups -OCH3 is 1. The molecule has 0 radical (unpaired) electrons. The Hall–Kier alpha value is -3.24. The number of hydrogen-bond donors (Lipinski definition) is 0. The van der Waals surface area contributed by atoms with E-state index in [9.17, 15) is 4.79 Å². The van der Waals surface area contributed by atoms with Gasteiger partial charge in [-0.05, 0) is 41.5 Å². The molecule has 0 saturated carbocycles. The fourth-order valence-corrected chi connectivity index (χ4v) is 5.13. The highest BCUT2D eigenvalue weighted by molar-refractivity contribution is 8.01. The van der Waals surface area contributed by atoms with Crippen molar-refractivity contribution in [2.75, 3.05) is 12.0 Å². The van der Waals surface area contributed by atoms with Gasteiger partial charge >= 0.3 is 0 Å². The SMILES string of the molecule is COc1ccc(C2(/C=C/C=C/c3ccccc3)Sc3ccccc3N2C(C)=O)cc1. The zero-order valence-electron chi connectivity index (χ0n) is 17.0. The third-order valence-corrected chi connectivity index (χ3v) is 6.47. The molecule has 150 valence electrons. The Morgan fingerprint density at radius 3 is 2.33 bits per heavy atom. The highest BCUT2D eigenvalue weighted by Crippen LogP contribution is 2.56. The molecule has 1 amide bonds. The molecule has 4 heteroatoms. The number of nitrogens with zero attached hydrogens (tertiary/aromatic N) is 1. The van der Waals surface area contributed by atoms with E-state index in [1.807, 2.05) is 77.7 Å². The summed E-state index contributed by atoms with van der Waals surface area (Å²) in [5.41, 5.74) is 3.08. The van der Waals surface area contributed by atoms with E-state index in [-0.39, 0.29) is 5.91 Å². The lowest BCUT2D eigenvalue weighted by Gasteiger charge is -2.35. The van der Waals surface area contributed by atoms with E-state index < -0.39 is 4.87 Å². The van der Waals surface area contributed by atoms with Gasteiger partial charge in [0.2, 0.25) is 5.91 Å². The van der Waals surface area contributed by atoms with E-state index in [1.54, 1.807) is 25.8 Å². The quantitative estimate of drug-likeness (QED) is 0.461. The molecule has 3 aromatic carbocycles. The molecule has 0 fully saturated rings. The van der Waals surface area contributed by atoms with Crippen LogP contribution in [0.2, 0.25) is 0 Å². The largest absolute Gasteiger partial charge is 0.497 e. The first-order chi connectivity index (χ1) is 14.6. The number of amides is 1. The zero-order chi connectivity index (χ0) is 21.0. The molecule has 1 heterocycles. The molecule has 1 aliphatic rings. The Morgan fingerprint density at radius 2 is 1.63 bits per heavy atom. The first-order valence-electron chi connectivity index (χ1n) is 9.78. The molecule has 3 aromatic rings. The lowest BCUT2D eigenvalue weighted by molar-refractivity contribution is -0.117. The van der Waals surface area contributed by atoms with E-state index in [0.717, 1.165) is 27.5 Å². The van der Waals surface area contributed by atoms with E-state index >= 15 is 0 Å². The van der Waals surface area contributed by atoms with Crippen molar-refractivity contribution in [3.8, 4) is 5.75 Å². The first-order valence-corrected chi connectivity index (χ1v) is 10.6. The normalized spacial score (nSPS) is 18.1. The molecule has 4 rings (SSSR count). The van der Waals surface area contributed by atoms with Gasteiger partial charge in [-0.25, -0.2) is 0 Å². The zero-order valence-corrected chi connectivity index (χ0v) is 17.8. The van der Waals surface area contributed by atoms with Gasteiger partial charge in [0, 0.05) is 11.8 Å². The number of carbonyl (C=O) groups is 1. The Bertz CT molecular complexity index is 1090. The Kier molecular flexibility index (Phi) is 5.77. The Balaban J connectivity index is 1.78. The predicted molar refractivity (Wildman–Crippen MR) is 125 cm³/mol. The van der Waals surface area contributed by atoms with E-state index in [4.69, 9.17) is 4.74 Å². The number of hydrogen-bond acceptors (Lipinski definition) is 3. The number of fused-ring (bicyclic) bond motifs is 1. The van der Waals surface area contributed by atoms with Crippen LogP contribution in [-0.2, 0) is 9.67 Å². The van der Waals surface area contributed by atoms with Crippen molar-refractivity contribution < 1.29 is 9.53 Å². The van der Waals surface area contributed by atoms with Crippen LogP contribution in [0, 0.1) is 0 Å². The lowest BCUT2D eigenvalue weighted by Crippen LogP contribution is -2.42. The fraction of sp³-hybridized carbons (Fsp3) is 0.115. The van der Waals surface area contributed by atoms with Gasteiger partial charge < -0.3 is 4.74 Å². The highest BCUT2D eigenvalue weighted by Gasteiger charge is 2.46. The van der Waals surface area contributed by atoms with Crippen molar-refractivity contribution in [1.29, 1.82) is 0 Å². The summed E-state index contributed by atoms with van der Waals surface area (Å²) < 4.78 is 5.33. The average Bonchev–Trinajstić information content (AvgIpc) is 3.13. The topological polar surface area (TPSA) is 29.5 Å². The molecule has 0 aromatic heterocycles. The van der Waals surface area contributed by atoms with Crippen LogP contribution in [0.25, 0.3) is 6.08 Å². The monoisotopic (exact) mass is 413 g/mol. The number of thioether (sulfide) groups is 1. The van der Waals surface area contributed by atoms with Gasteiger partial charge in [-0.1, -0.05) is 84.6 Å². The molecule has 1 atom stereocenters. The average molecular weight is 414 g/mol. The summed E-state index contributed by atoms with van der Waals surface area (Å²) >= 11 is 1.68. The van der Waals surface area contributed by atoms with Crippen molar-refractivity contribution >= 4 is 29.4 Å². The van der Waals surface area contributed by atoms with Gasteiger partial charge in [-0.3, -0.25) is 9.69 Å². The van der Waals surface area contributed by atoms with Gasteiger partial charge in [0.25, 0.3) is 0 Å². The second-order valence-corrected chi connectivity index (χ2v) is 8.24. The van der Waals surface area contributed by atoms with Crippen LogP contribution in [0.15, 0.2) is 102 Å². The number of benzene rings is 3. The molecule has 0 N–H and O–H groups in total. The molecular formula is C26H23NO2S. The van der Waals surface area contributed by atoms with Crippen molar-refractivity contribution in [3.63, 3.8) is 0 Å². The van der Waals surface area contributed by atoms with Gasteiger partial charge in [-0.2, -0.15) is 0 Å². The summed E-state index contributed by atoms with van der Waals surface area (Å²) in [5.74, 6) is 0.789. The van der Waals surface area contributed by atoms with Gasteiger partial charge in [-0.15, -0.1) is 0 Å². The Labute approximate surface area is 181 Å². The standard InChI is InChI=1S/C26H23NO2S/c1-20(28)27-24-13-6-7-14-25(24)30-26(27,22-15-17-23(29-2)18-16-22)19-9-8-12-21-10-4-3-5-11-21/h3-19H,1-2H3/b12-8+,19-9+. The van der Waals surface area contributed by atoms with Crippen molar-refractivity contribution in [1.82, 2.24) is 0 Å². The van der Waals surface area contributed by atoms with Crippen LogP contribution in [-0.4, -0.2) is 13.0 Å². The maximum Gasteiger partial charge on any atom is 0.225 e. The van der Waals surface area contributed by atoms with Gasteiger partial charge in [0.1, 0.15) is 10.6 Å². The molecule has 1 aliphatic heterocycles. The molecule has 0 saturated heterocycles. The van der Waals surface area contributed by atoms with Crippen LogP contribution in [0.3, 0.4) is 0 Å². The minimum absolute atomic E-state index is 0.0000398. The summed E-state index contributed by atoms with van der Waals surface area (Å²) in [7, 11) is 1.65. The maximum atomic E-state index is 12.8. The van der Waals surface area contributed by atoms with Crippen molar-refractivity contribution in [2.45, 2.75) is 16.7 Å². The van der Waals surface area contributed by atoms with Crippen LogP contribution in [0.5, 0.6) is 5.75 Å². The van der Waals surface area contributed by atoms with Crippen molar-refractivity contribution in [3.05, 3.63) is 108 Å². The molecular weight excluding hydrogens is 390 g/mol. The highest BCUT2D eigenvalue weighted by atomic mass is 32.2. The second-order valence-electron chi connectivity index (χ2n) is 6.98. The van der Waals surface area contributed by atoms with Crippen LogP contribution in [0.1, 0.15) is 18.1 Å². The number of anilines is 1. The van der Waals surface area contributed by atoms with E-state index in [1.165, 1.54) is 0 Å². The first kappa shape index (κ1) is 20.0. The predicted octanol–water partition coefficient (Wildman–Crippen LogP) is 6.28. The number of para-hydroxylation sites is 1. The van der Waals surface area contributed by atoms with Gasteiger partial charge in [0.15, 0.2) is 0 Å². The smallest absolute Gasteiger partial charge is 0.225 e. The molecule has 0 aliphatic carbocycles. The van der Waals surface area contributed by atoms with E-state index in [2.05, 4.69) is 30.4 Å². The minimum Gasteiger partial charge on any atom is -0.497 e. The van der Waals surface area contributed by atoms with Crippen molar-refractivity contribution in [2.24, 2.45) is 0 Å². The third-order valence-electron chi connectivity index (χ3n) is 5.04. The molecule has 0 bridgehead atoms. The third kappa shape index (κ3) is 3.79. The fourth-order valence-electron chi connectivity index (χ4n) is 3.66. The lowest BCUT2D eigenvalue weighted by atomic mass is 10.0. The van der Waals surface area contributed by atoms with Crippen LogP contribution < -0.4 is 9.64 Å². The molecule has 30 heavy (non-hydrogen) atoms. The van der Waals surface area contributed by atoms with Crippen LogP contribution in [0.4, 0.5) is 5.69 Å². The Morgan fingerprint density at radius 1 is 0.933 bits per heavy atom. The maximum absolute atomic E-state index is 12.8. The van der Waals surface area contributed by atoms with E-state index in [0.29, 0.717) is 0 Å². The summed E-state index contributed by atoms with van der Waals surface area (Å²) in [6.45, 7) is 1.62. The number of rotatable bonds is 5. The summed E-state index contributed by atoms with van der Waals surface area (Å²) in [4.78, 5) is 15.1. The summed E-state index contributed by atoms with van der Waals surface area (Å²) in [6.07, 6.45) is 8.19. The number of allylic oxidation sites excluding steroid dienone is 2. The summed E-state index contributed by atoms with van der Waals surface area (Å²) in [6, 6.07) is 26.1. The number of ether oxygens (including phenoxy) is 1. The second kappa shape index (κ2) is 8.64. The molecule has 1 unspecified atom stereocenters. The molecule has 3 nitrogen and oxygen atoms in total.